The van der Waals surface area contributed by atoms with E-state index < -0.39 is 12.2 Å². The van der Waals surface area contributed by atoms with E-state index in [9.17, 15) is 10.2 Å². The lowest BCUT2D eigenvalue weighted by molar-refractivity contribution is -0.0302. The Kier molecular flexibility index (Phi) is 5.01. The fourth-order valence-corrected chi connectivity index (χ4v) is 3.41. The second kappa shape index (κ2) is 6.53. The molecule has 1 aliphatic carbocycles. The Labute approximate surface area is 107 Å². The minimum atomic E-state index is -0.557. The first-order chi connectivity index (χ1) is 8.27. The highest BCUT2D eigenvalue weighted by molar-refractivity contribution is 7.07. The molecule has 0 radical (unpaired) electrons. The van der Waals surface area contributed by atoms with Gasteiger partial charge in [-0.3, -0.25) is 0 Å². The van der Waals surface area contributed by atoms with Gasteiger partial charge in [-0.1, -0.05) is 19.3 Å². The van der Waals surface area contributed by atoms with E-state index in [1.54, 1.807) is 11.3 Å². The predicted octanol–water partition coefficient (Wildman–Crippen LogP) is 2.98. The van der Waals surface area contributed by atoms with Crippen LogP contribution in [0.15, 0.2) is 16.8 Å². The van der Waals surface area contributed by atoms with Crippen LogP contribution in [0.2, 0.25) is 0 Å². The van der Waals surface area contributed by atoms with Crippen LogP contribution in [-0.2, 0) is 6.42 Å². The van der Waals surface area contributed by atoms with Gasteiger partial charge in [0.15, 0.2) is 0 Å². The average molecular weight is 254 g/mol. The molecule has 1 aromatic heterocycles. The molecule has 0 bridgehead atoms. The largest absolute Gasteiger partial charge is 0.390 e. The van der Waals surface area contributed by atoms with Crippen molar-refractivity contribution < 1.29 is 10.2 Å². The van der Waals surface area contributed by atoms with Crippen LogP contribution < -0.4 is 0 Å². The van der Waals surface area contributed by atoms with Gasteiger partial charge in [0.05, 0.1) is 12.2 Å². The lowest BCUT2D eigenvalue weighted by Crippen LogP contribution is -2.34. The lowest BCUT2D eigenvalue weighted by atomic mass is 9.82. The van der Waals surface area contributed by atoms with Crippen molar-refractivity contribution >= 4 is 11.3 Å². The van der Waals surface area contributed by atoms with Crippen LogP contribution in [0, 0.1) is 5.92 Å². The first kappa shape index (κ1) is 13.1. The van der Waals surface area contributed by atoms with E-state index in [4.69, 9.17) is 0 Å². The zero-order valence-corrected chi connectivity index (χ0v) is 11.0. The lowest BCUT2D eigenvalue weighted by Gasteiger charge is -2.29. The Morgan fingerprint density at radius 3 is 2.65 bits per heavy atom. The smallest absolute Gasteiger partial charge is 0.0827 e. The molecule has 2 unspecified atom stereocenters. The minimum absolute atomic E-state index is 0.321. The summed E-state index contributed by atoms with van der Waals surface area (Å²) in [6, 6.07) is 2.09. The van der Waals surface area contributed by atoms with Crippen LogP contribution in [-0.4, -0.2) is 22.4 Å². The standard InChI is InChI=1S/C14H22O2S/c15-13(7-6-11-8-9-17-10-11)14(16)12-4-2-1-3-5-12/h8-10,12-16H,1-7H2. The maximum atomic E-state index is 10.1. The molecule has 1 aliphatic rings. The number of hydrogen-bond donors (Lipinski definition) is 2. The summed E-state index contributed by atoms with van der Waals surface area (Å²) in [4.78, 5) is 0. The van der Waals surface area contributed by atoms with Gasteiger partial charge in [0.1, 0.15) is 0 Å². The SMILES string of the molecule is OC(CCc1ccsc1)C(O)C1CCCCC1. The number of aliphatic hydroxyl groups excluding tert-OH is 2. The highest BCUT2D eigenvalue weighted by Crippen LogP contribution is 2.28. The molecule has 0 amide bonds. The first-order valence-corrected chi connectivity index (χ1v) is 7.59. The van der Waals surface area contributed by atoms with Crippen LogP contribution in [0.1, 0.15) is 44.1 Å². The van der Waals surface area contributed by atoms with Gasteiger partial charge in [-0.2, -0.15) is 11.3 Å². The molecule has 1 saturated carbocycles. The first-order valence-electron chi connectivity index (χ1n) is 6.64. The number of hydrogen-bond acceptors (Lipinski definition) is 3. The third-order valence-electron chi connectivity index (χ3n) is 3.84. The molecular formula is C14H22O2S. The molecular weight excluding hydrogens is 232 g/mol. The minimum Gasteiger partial charge on any atom is -0.390 e. The maximum Gasteiger partial charge on any atom is 0.0827 e. The molecule has 0 aromatic carbocycles. The van der Waals surface area contributed by atoms with Gasteiger partial charge in [-0.25, -0.2) is 0 Å². The van der Waals surface area contributed by atoms with Gasteiger partial charge in [0, 0.05) is 0 Å². The zero-order chi connectivity index (χ0) is 12.1. The van der Waals surface area contributed by atoms with Crippen LogP contribution in [0.25, 0.3) is 0 Å². The van der Waals surface area contributed by atoms with Crippen molar-refractivity contribution in [3.8, 4) is 0 Å². The summed E-state index contributed by atoms with van der Waals surface area (Å²) < 4.78 is 0. The molecule has 2 rings (SSSR count). The van der Waals surface area contributed by atoms with Gasteiger partial charge >= 0.3 is 0 Å². The van der Waals surface area contributed by atoms with E-state index in [0.717, 1.165) is 19.3 Å². The Morgan fingerprint density at radius 1 is 1.24 bits per heavy atom. The van der Waals surface area contributed by atoms with Crippen molar-refractivity contribution in [1.29, 1.82) is 0 Å². The average Bonchev–Trinajstić information content (AvgIpc) is 2.89. The Balaban J connectivity index is 1.76. The van der Waals surface area contributed by atoms with Crippen molar-refractivity contribution in [3.05, 3.63) is 22.4 Å². The molecule has 1 aromatic rings. The Morgan fingerprint density at radius 2 is 2.00 bits per heavy atom. The van der Waals surface area contributed by atoms with Crippen molar-refractivity contribution in [2.45, 2.75) is 57.2 Å². The molecule has 3 heteroatoms. The van der Waals surface area contributed by atoms with Gasteiger partial charge in [0.2, 0.25) is 0 Å². The molecule has 0 aliphatic heterocycles. The molecule has 0 spiro atoms. The highest BCUT2D eigenvalue weighted by atomic mass is 32.1. The summed E-state index contributed by atoms with van der Waals surface area (Å²) in [7, 11) is 0. The number of aryl methyl sites for hydroxylation is 1. The van der Waals surface area contributed by atoms with Crippen molar-refractivity contribution in [2.24, 2.45) is 5.92 Å². The summed E-state index contributed by atoms with van der Waals surface area (Å²) >= 11 is 1.68. The molecule has 2 atom stereocenters. The zero-order valence-electron chi connectivity index (χ0n) is 10.2. The molecule has 96 valence electrons. The van der Waals surface area contributed by atoms with E-state index in [0.29, 0.717) is 12.3 Å². The van der Waals surface area contributed by atoms with E-state index in [1.807, 2.05) is 0 Å². The molecule has 1 heterocycles. The van der Waals surface area contributed by atoms with Crippen molar-refractivity contribution in [3.63, 3.8) is 0 Å². The molecule has 0 saturated heterocycles. The Bertz CT molecular complexity index is 304. The summed E-state index contributed by atoms with van der Waals surface area (Å²) in [6.45, 7) is 0. The monoisotopic (exact) mass is 254 g/mol. The molecule has 2 N–H and O–H groups in total. The predicted molar refractivity (Wildman–Crippen MR) is 71.2 cm³/mol. The second-order valence-electron chi connectivity index (χ2n) is 5.13. The summed E-state index contributed by atoms with van der Waals surface area (Å²) in [5, 5.41) is 24.3. The van der Waals surface area contributed by atoms with Gasteiger partial charge in [-0.15, -0.1) is 0 Å². The highest BCUT2D eigenvalue weighted by Gasteiger charge is 2.27. The van der Waals surface area contributed by atoms with Crippen molar-refractivity contribution in [2.75, 3.05) is 0 Å². The van der Waals surface area contributed by atoms with Gasteiger partial charge < -0.3 is 10.2 Å². The number of aliphatic hydroxyl groups is 2. The number of rotatable bonds is 5. The van der Waals surface area contributed by atoms with Crippen LogP contribution >= 0.6 is 11.3 Å². The molecule has 2 nitrogen and oxygen atoms in total. The quantitative estimate of drug-likeness (QED) is 0.848. The normalized spacial score (nSPS) is 21.3. The second-order valence-corrected chi connectivity index (χ2v) is 5.91. The molecule has 1 fully saturated rings. The van der Waals surface area contributed by atoms with E-state index in [-0.39, 0.29) is 0 Å². The fraction of sp³-hybridized carbons (Fsp3) is 0.714. The van der Waals surface area contributed by atoms with Gasteiger partial charge in [-0.05, 0) is 54.0 Å². The van der Waals surface area contributed by atoms with Crippen LogP contribution in [0.3, 0.4) is 0 Å². The van der Waals surface area contributed by atoms with Gasteiger partial charge in [0.25, 0.3) is 0 Å². The summed E-state index contributed by atoms with van der Waals surface area (Å²) in [5.41, 5.74) is 1.27. The number of thiophene rings is 1. The topological polar surface area (TPSA) is 40.5 Å². The summed E-state index contributed by atoms with van der Waals surface area (Å²) in [5.74, 6) is 0.321. The third-order valence-corrected chi connectivity index (χ3v) is 4.57. The third kappa shape index (κ3) is 3.80. The summed E-state index contributed by atoms with van der Waals surface area (Å²) in [6.07, 6.45) is 6.33. The Hall–Kier alpha value is -0.380. The van der Waals surface area contributed by atoms with E-state index in [1.165, 1.54) is 24.8 Å². The maximum absolute atomic E-state index is 10.1. The van der Waals surface area contributed by atoms with Crippen LogP contribution in [0.5, 0.6) is 0 Å². The fourth-order valence-electron chi connectivity index (χ4n) is 2.71. The molecule has 17 heavy (non-hydrogen) atoms. The van der Waals surface area contributed by atoms with Crippen molar-refractivity contribution in [1.82, 2.24) is 0 Å². The van der Waals surface area contributed by atoms with E-state index >= 15 is 0 Å². The van der Waals surface area contributed by atoms with E-state index in [2.05, 4.69) is 16.8 Å². The van der Waals surface area contributed by atoms with Crippen LogP contribution in [0.4, 0.5) is 0 Å².